The number of hydrogen-bond acceptors (Lipinski definition) is 0. The molecule has 70 valence electrons. The van der Waals surface area contributed by atoms with Gasteiger partial charge in [0.05, 0.1) is 0 Å². The number of alkyl halides is 2. The van der Waals surface area contributed by atoms with E-state index in [0.717, 1.165) is 6.42 Å². The van der Waals surface area contributed by atoms with Crippen LogP contribution in [0.5, 0.6) is 0 Å². The number of halogens is 2. The van der Waals surface area contributed by atoms with Gasteiger partial charge >= 0.3 is 0 Å². The Balaban J connectivity index is 4.00. The Bertz CT molecular complexity index is 161. The Morgan fingerprint density at radius 2 is 2.00 bits per heavy atom. The van der Waals surface area contributed by atoms with Gasteiger partial charge in [-0.2, -0.15) is 0 Å². The van der Waals surface area contributed by atoms with Gasteiger partial charge in [-0.25, -0.2) is 8.78 Å². The second-order valence-electron chi connectivity index (χ2n) is 2.71. The first-order valence-electron chi connectivity index (χ1n) is 4.26. The average molecular weight is 174 g/mol. The summed E-state index contributed by atoms with van der Waals surface area (Å²) in [5.41, 5.74) is 0.228. The summed E-state index contributed by atoms with van der Waals surface area (Å²) >= 11 is 0. The molecule has 0 saturated carbocycles. The molecule has 0 aromatic heterocycles. The number of hydrogen-bond donors (Lipinski definition) is 0. The molecule has 0 N–H and O–H groups in total. The van der Waals surface area contributed by atoms with Gasteiger partial charge in [0.15, 0.2) is 6.17 Å². The van der Waals surface area contributed by atoms with Gasteiger partial charge in [0, 0.05) is 0 Å². The van der Waals surface area contributed by atoms with Gasteiger partial charge in [-0.15, -0.1) is 0 Å². The Hall–Kier alpha value is -0.660. The molecule has 0 aliphatic carbocycles. The smallest absolute Gasteiger partial charge is 0.156 e. The summed E-state index contributed by atoms with van der Waals surface area (Å²) in [6.07, 6.45) is 1.37. The minimum atomic E-state index is -1.54. The lowest BCUT2D eigenvalue weighted by atomic mass is 10.1. The molecule has 0 spiro atoms. The van der Waals surface area contributed by atoms with Crippen LogP contribution in [0, 0.1) is 0 Å². The fraction of sp³-hybridized carbons (Fsp3) is 0.600. The van der Waals surface area contributed by atoms with E-state index in [0.29, 0.717) is 0 Å². The minimum Gasteiger partial charge on any atom is -0.244 e. The van der Waals surface area contributed by atoms with Crippen molar-refractivity contribution in [1.82, 2.24) is 0 Å². The van der Waals surface area contributed by atoms with Gasteiger partial charge in [-0.1, -0.05) is 32.6 Å². The molecular formula is C10H16F2. The Morgan fingerprint density at radius 1 is 1.42 bits per heavy atom. The largest absolute Gasteiger partial charge is 0.244 e. The van der Waals surface area contributed by atoms with Crippen molar-refractivity contribution in [3.05, 3.63) is 24.3 Å². The van der Waals surface area contributed by atoms with Crippen molar-refractivity contribution >= 4 is 0 Å². The molecule has 0 bridgehead atoms. The summed E-state index contributed by atoms with van der Waals surface area (Å²) in [6, 6.07) is 0. The van der Waals surface area contributed by atoms with E-state index in [2.05, 4.69) is 6.58 Å². The maximum absolute atomic E-state index is 13.0. The summed E-state index contributed by atoms with van der Waals surface area (Å²) in [7, 11) is 0. The summed E-state index contributed by atoms with van der Waals surface area (Å²) < 4.78 is 25.7. The zero-order valence-electron chi connectivity index (χ0n) is 7.69. The Labute approximate surface area is 73.0 Å². The van der Waals surface area contributed by atoms with Gasteiger partial charge in [0.25, 0.3) is 0 Å². The lowest BCUT2D eigenvalue weighted by Gasteiger charge is -2.11. The minimum absolute atomic E-state index is 0.195. The van der Waals surface area contributed by atoms with Crippen molar-refractivity contribution in [3.8, 4) is 0 Å². The molecule has 0 aliphatic heterocycles. The van der Waals surface area contributed by atoms with Crippen LogP contribution < -0.4 is 0 Å². The molecule has 12 heavy (non-hydrogen) atoms. The van der Waals surface area contributed by atoms with Crippen LogP contribution in [-0.4, -0.2) is 12.3 Å². The SMILES string of the molecule is C=C(/C=C\CC)C(F)C(F)CC. The van der Waals surface area contributed by atoms with E-state index in [1.807, 2.05) is 6.92 Å². The van der Waals surface area contributed by atoms with Crippen LogP contribution in [0.2, 0.25) is 0 Å². The normalized spacial score (nSPS) is 16.3. The van der Waals surface area contributed by atoms with Crippen LogP contribution in [0.25, 0.3) is 0 Å². The van der Waals surface area contributed by atoms with Crippen LogP contribution in [0.4, 0.5) is 8.78 Å². The fourth-order valence-electron chi connectivity index (χ4n) is 0.800. The monoisotopic (exact) mass is 174 g/mol. The van der Waals surface area contributed by atoms with Gasteiger partial charge in [-0.3, -0.25) is 0 Å². The van der Waals surface area contributed by atoms with Gasteiger partial charge in [-0.05, 0) is 18.4 Å². The highest BCUT2D eigenvalue weighted by molar-refractivity contribution is 5.20. The molecule has 2 unspecified atom stereocenters. The second-order valence-corrected chi connectivity index (χ2v) is 2.71. The van der Waals surface area contributed by atoms with Crippen LogP contribution in [0.3, 0.4) is 0 Å². The summed E-state index contributed by atoms with van der Waals surface area (Å²) in [5.74, 6) is 0. The molecular weight excluding hydrogens is 158 g/mol. The number of rotatable bonds is 5. The number of allylic oxidation sites excluding steroid dienone is 3. The third-order valence-electron chi connectivity index (χ3n) is 1.63. The average Bonchev–Trinajstić information content (AvgIpc) is 2.11. The van der Waals surface area contributed by atoms with E-state index in [1.165, 1.54) is 0 Å². The third-order valence-corrected chi connectivity index (χ3v) is 1.63. The van der Waals surface area contributed by atoms with Crippen LogP contribution in [0.15, 0.2) is 24.3 Å². The van der Waals surface area contributed by atoms with Crippen LogP contribution in [-0.2, 0) is 0 Å². The van der Waals surface area contributed by atoms with Crippen molar-refractivity contribution in [2.75, 3.05) is 0 Å². The van der Waals surface area contributed by atoms with Gasteiger partial charge < -0.3 is 0 Å². The summed E-state index contributed by atoms with van der Waals surface area (Å²) in [4.78, 5) is 0. The van der Waals surface area contributed by atoms with Gasteiger partial charge in [0.2, 0.25) is 0 Å². The van der Waals surface area contributed by atoms with Crippen molar-refractivity contribution in [1.29, 1.82) is 0 Å². The van der Waals surface area contributed by atoms with Crippen molar-refractivity contribution in [2.45, 2.75) is 39.0 Å². The predicted molar refractivity (Wildman–Crippen MR) is 48.7 cm³/mol. The van der Waals surface area contributed by atoms with E-state index in [4.69, 9.17) is 0 Å². The molecule has 0 heterocycles. The highest BCUT2D eigenvalue weighted by atomic mass is 19.2. The molecule has 0 nitrogen and oxygen atoms in total. The van der Waals surface area contributed by atoms with E-state index < -0.39 is 12.3 Å². The quantitative estimate of drug-likeness (QED) is 0.559. The molecule has 0 radical (unpaired) electrons. The Kier molecular flexibility index (Phi) is 5.60. The first kappa shape index (κ1) is 11.3. The molecule has 0 fully saturated rings. The maximum atomic E-state index is 13.0. The van der Waals surface area contributed by atoms with Crippen molar-refractivity contribution < 1.29 is 8.78 Å². The topological polar surface area (TPSA) is 0 Å². The van der Waals surface area contributed by atoms with E-state index in [9.17, 15) is 8.78 Å². The Morgan fingerprint density at radius 3 is 2.42 bits per heavy atom. The molecule has 0 rings (SSSR count). The standard InChI is InChI=1S/C10H16F2/c1-4-6-7-8(3)10(12)9(11)5-2/h6-7,9-10H,3-5H2,1-2H3/b7-6-. The van der Waals surface area contributed by atoms with E-state index in [1.54, 1.807) is 19.1 Å². The zero-order valence-corrected chi connectivity index (χ0v) is 7.69. The third kappa shape index (κ3) is 3.65. The molecule has 0 aromatic carbocycles. The molecule has 2 heteroatoms. The summed E-state index contributed by atoms with van der Waals surface area (Å²) in [6.45, 7) is 7.01. The predicted octanol–water partition coefficient (Wildman–Crippen LogP) is 3.60. The first-order valence-corrected chi connectivity index (χ1v) is 4.26. The van der Waals surface area contributed by atoms with Gasteiger partial charge in [0.1, 0.15) is 6.17 Å². The zero-order chi connectivity index (χ0) is 9.56. The van der Waals surface area contributed by atoms with Crippen molar-refractivity contribution in [2.24, 2.45) is 0 Å². The highest BCUT2D eigenvalue weighted by Crippen LogP contribution is 2.16. The second kappa shape index (κ2) is 5.92. The molecule has 0 amide bonds. The highest BCUT2D eigenvalue weighted by Gasteiger charge is 2.19. The first-order chi connectivity index (χ1) is 5.63. The van der Waals surface area contributed by atoms with Crippen LogP contribution in [0.1, 0.15) is 26.7 Å². The lowest BCUT2D eigenvalue weighted by Crippen LogP contribution is -2.17. The van der Waals surface area contributed by atoms with E-state index >= 15 is 0 Å². The van der Waals surface area contributed by atoms with Crippen molar-refractivity contribution in [3.63, 3.8) is 0 Å². The maximum Gasteiger partial charge on any atom is 0.156 e. The lowest BCUT2D eigenvalue weighted by molar-refractivity contribution is 0.193. The molecule has 0 aliphatic rings. The fourth-order valence-corrected chi connectivity index (χ4v) is 0.800. The van der Waals surface area contributed by atoms with Crippen LogP contribution >= 0.6 is 0 Å². The summed E-state index contributed by atoms with van der Waals surface area (Å²) in [5, 5.41) is 0. The molecule has 0 saturated heterocycles. The molecule has 0 aromatic rings. The molecule has 2 atom stereocenters. The van der Waals surface area contributed by atoms with E-state index in [-0.39, 0.29) is 12.0 Å².